The number of imide groups is 1. The molecule has 4 amide bonds. The molecular weight excluding hydrogens is 691 g/mol. The lowest BCUT2D eigenvalue weighted by atomic mass is 10.1. The molecule has 0 saturated heterocycles. The van der Waals surface area contributed by atoms with Crippen LogP contribution in [0.1, 0.15) is 63.7 Å². The van der Waals surface area contributed by atoms with Gasteiger partial charge >= 0.3 is 0 Å². The number of benzene rings is 6. The first-order valence-corrected chi connectivity index (χ1v) is 17.5. The molecule has 11 heteroatoms. The number of nitrogens with zero attached hydrogens (tertiary/aromatic N) is 5. The van der Waals surface area contributed by atoms with Gasteiger partial charge in [0.15, 0.2) is 0 Å². The minimum atomic E-state index is -0.585. The number of amides is 4. The second-order valence-electron chi connectivity index (χ2n) is 13.3. The van der Waals surface area contributed by atoms with Gasteiger partial charge in [0.25, 0.3) is 23.6 Å². The molecule has 0 bridgehead atoms. The number of carbonyl (C=O) groups is 4. The van der Waals surface area contributed by atoms with Gasteiger partial charge in [0.1, 0.15) is 11.4 Å². The van der Waals surface area contributed by atoms with E-state index in [-0.39, 0.29) is 22.4 Å². The summed E-state index contributed by atoms with van der Waals surface area (Å²) in [6.07, 6.45) is 0. The first kappa shape index (κ1) is 36.0. The van der Waals surface area contributed by atoms with Gasteiger partial charge in [-0.3, -0.25) is 19.2 Å². The Morgan fingerprint density at radius 3 is 1.40 bits per heavy atom. The van der Waals surface area contributed by atoms with Gasteiger partial charge < -0.3 is 10.6 Å². The quantitative estimate of drug-likeness (QED) is 0.113. The molecule has 0 atom stereocenters. The molecular formula is C44H35N7O4. The first-order chi connectivity index (χ1) is 26.5. The van der Waals surface area contributed by atoms with Gasteiger partial charge in [-0.25, -0.2) is 4.90 Å². The Morgan fingerprint density at radius 1 is 0.455 bits per heavy atom. The lowest BCUT2D eigenvalue weighted by Crippen LogP contribution is -2.29. The van der Waals surface area contributed by atoms with Crippen molar-refractivity contribution in [3.8, 4) is 0 Å². The maximum absolute atomic E-state index is 13.6. The monoisotopic (exact) mass is 725 g/mol. The summed E-state index contributed by atoms with van der Waals surface area (Å²) in [5.41, 5.74) is 8.33. The minimum Gasteiger partial charge on any atom is -0.320 e. The van der Waals surface area contributed by atoms with Gasteiger partial charge in [0, 0.05) is 11.1 Å². The molecule has 7 rings (SSSR count). The maximum Gasteiger partial charge on any atom is 0.266 e. The fourth-order valence-electron chi connectivity index (χ4n) is 5.87. The van der Waals surface area contributed by atoms with Crippen LogP contribution in [-0.4, -0.2) is 23.6 Å². The zero-order chi connectivity index (χ0) is 38.6. The Labute approximate surface area is 317 Å². The van der Waals surface area contributed by atoms with E-state index in [0.29, 0.717) is 39.7 Å². The lowest BCUT2D eigenvalue weighted by molar-refractivity contribution is 0.0924. The largest absolute Gasteiger partial charge is 0.320 e. The summed E-state index contributed by atoms with van der Waals surface area (Å²) < 4.78 is 0. The van der Waals surface area contributed by atoms with Crippen LogP contribution in [0.15, 0.2) is 148 Å². The molecule has 11 nitrogen and oxygen atoms in total. The highest BCUT2D eigenvalue weighted by Crippen LogP contribution is 2.33. The predicted molar refractivity (Wildman–Crippen MR) is 213 cm³/mol. The van der Waals surface area contributed by atoms with Crippen LogP contribution in [0.25, 0.3) is 0 Å². The van der Waals surface area contributed by atoms with Crippen molar-refractivity contribution in [3.63, 3.8) is 0 Å². The van der Waals surface area contributed by atoms with Crippen LogP contribution >= 0.6 is 0 Å². The third-order valence-corrected chi connectivity index (χ3v) is 8.95. The number of hydrogen-bond acceptors (Lipinski definition) is 8. The second-order valence-corrected chi connectivity index (χ2v) is 13.3. The van der Waals surface area contributed by atoms with Gasteiger partial charge in [-0.05, 0) is 130 Å². The lowest BCUT2D eigenvalue weighted by Gasteiger charge is -2.14. The van der Waals surface area contributed by atoms with Crippen molar-refractivity contribution in [2.75, 3.05) is 15.5 Å². The van der Waals surface area contributed by atoms with Crippen LogP contribution in [-0.2, 0) is 0 Å². The normalized spacial score (nSPS) is 12.4. The predicted octanol–water partition coefficient (Wildman–Crippen LogP) is 11.1. The molecule has 1 aliphatic rings. The van der Waals surface area contributed by atoms with E-state index in [2.05, 4.69) is 31.1 Å². The zero-order valence-electron chi connectivity index (χ0n) is 30.5. The number of hydrogen-bond donors (Lipinski definition) is 2. The fraction of sp³-hybridized carbons (Fsp3) is 0.0909. The van der Waals surface area contributed by atoms with Crippen LogP contribution in [0.4, 0.5) is 39.8 Å². The van der Waals surface area contributed by atoms with Crippen LogP contribution in [0.5, 0.6) is 0 Å². The van der Waals surface area contributed by atoms with Gasteiger partial charge in [-0.1, -0.05) is 47.5 Å². The Hall–Kier alpha value is -7.40. The molecule has 0 unspecified atom stereocenters. The van der Waals surface area contributed by atoms with Crippen LogP contribution in [0.2, 0.25) is 0 Å². The van der Waals surface area contributed by atoms with Gasteiger partial charge in [-0.2, -0.15) is 10.2 Å². The summed E-state index contributed by atoms with van der Waals surface area (Å²) in [6, 6.07) is 36.5. The van der Waals surface area contributed by atoms with E-state index in [4.69, 9.17) is 0 Å². The third kappa shape index (κ3) is 8.01. The highest BCUT2D eigenvalue weighted by Gasteiger charge is 2.37. The average Bonchev–Trinajstić information content (AvgIpc) is 3.44. The molecule has 6 aromatic rings. The van der Waals surface area contributed by atoms with Crippen LogP contribution < -0.4 is 15.5 Å². The Balaban J connectivity index is 1.05. The highest BCUT2D eigenvalue weighted by molar-refractivity contribution is 6.35. The highest BCUT2D eigenvalue weighted by atomic mass is 16.2. The van der Waals surface area contributed by atoms with Gasteiger partial charge in [0.05, 0.1) is 39.6 Å². The smallest absolute Gasteiger partial charge is 0.266 e. The minimum absolute atomic E-state index is 0.0920. The number of anilines is 3. The molecule has 270 valence electrons. The molecule has 0 fully saturated rings. The summed E-state index contributed by atoms with van der Waals surface area (Å²) >= 11 is 0. The van der Waals surface area contributed by atoms with Crippen molar-refractivity contribution in [3.05, 3.63) is 172 Å². The van der Waals surface area contributed by atoms with Crippen LogP contribution in [0, 0.1) is 27.7 Å². The van der Waals surface area contributed by atoms with Crippen molar-refractivity contribution in [2.24, 2.45) is 20.5 Å². The van der Waals surface area contributed by atoms with E-state index in [1.807, 2.05) is 100 Å². The van der Waals surface area contributed by atoms with Crippen LogP contribution in [0.3, 0.4) is 0 Å². The van der Waals surface area contributed by atoms with Gasteiger partial charge in [-0.15, -0.1) is 10.2 Å². The van der Waals surface area contributed by atoms with E-state index >= 15 is 0 Å². The molecule has 0 aliphatic carbocycles. The second kappa shape index (κ2) is 15.3. The molecule has 0 radical (unpaired) electrons. The molecule has 1 heterocycles. The fourth-order valence-corrected chi connectivity index (χ4v) is 5.87. The maximum atomic E-state index is 13.6. The number of aryl methyl sites for hydroxylation is 4. The molecule has 6 aromatic carbocycles. The van der Waals surface area contributed by atoms with E-state index in [1.54, 1.807) is 12.1 Å². The zero-order valence-corrected chi connectivity index (χ0v) is 30.5. The van der Waals surface area contributed by atoms with Crippen molar-refractivity contribution in [1.29, 1.82) is 0 Å². The van der Waals surface area contributed by atoms with E-state index in [1.165, 1.54) is 42.5 Å². The van der Waals surface area contributed by atoms with Crippen molar-refractivity contribution in [2.45, 2.75) is 27.7 Å². The first-order valence-electron chi connectivity index (χ1n) is 17.5. The molecule has 2 N–H and O–H groups in total. The Morgan fingerprint density at radius 2 is 0.891 bits per heavy atom. The number of rotatable bonds is 9. The molecule has 0 spiro atoms. The number of nitrogens with one attached hydrogen (secondary N) is 2. The summed E-state index contributed by atoms with van der Waals surface area (Å²) in [7, 11) is 0. The average molecular weight is 726 g/mol. The summed E-state index contributed by atoms with van der Waals surface area (Å²) in [5, 5.41) is 23.1. The van der Waals surface area contributed by atoms with Crippen molar-refractivity contribution in [1.82, 2.24) is 0 Å². The number of carbonyl (C=O) groups excluding carboxylic acids is 4. The Bertz CT molecular complexity index is 2540. The summed E-state index contributed by atoms with van der Waals surface area (Å²) in [4.78, 5) is 54.9. The molecule has 1 aliphatic heterocycles. The van der Waals surface area contributed by atoms with E-state index in [9.17, 15) is 19.2 Å². The molecule has 0 aromatic heterocycles. The van der Waals surface area contributed by atoms with E-state index in [0.717, 1.165) is 27.2 Å². The molecule has 0 saturated carbocycles. The number of fused-ring (bicyclic) bond motifs is 1. The Kier molecular flexibility index (Phi) is 10.0. The van der Waals surface area contributed by atoms with Crippen molar-refractivity contribution < 1.29 is 19.2 Å². The third-order valence-electron chi connectivity index (χ3n) is 8.95. The standard InChI is InChI=1S/C44H35N7O4/c1-26-5-14-32(15-6-26)47-49-39-23-28(3)9-21-37(39)45-41(52)30-11-18-34(19-12-30)51-43(54)35-20-13-31(25-36(35)44(51)55)42(53)46-38-22-10-29(4)24-40(38)50-48-33-16-7-27(2)8-17-33/h5-25H,1-4H3,(H,45,52)(H,46,53). The summed E-state index contributed by atoms with van der Waals surface area (Å²) in [5.74, 6) is -2.02. The molecule has 55 heavy (non-hydrogen) atoms. The summed E-state index contributed by atoms with van der Waals surface area (Å²) in [6.45, 7) is 7.81. The SMILES string of the molecule is Cc1ccc(N=Nc2cc(C)ccc2NC(=O)c2ccc(N3C(=O)c4ccc(C(=O)Nc5ccc(C)cc5N=Nc5ccc(C)cc5)cc4C3=O)cc2)cc1. The topological polar surface area (TPSA) is 145 Å². The van der Waals surface area contributed by atoms with Crippen molar-refractivity contribution >= 4 is 63.4 Å². The number of azo groups is 2. The van der Waals surface area contributed by atoms with Gasteiger partial charge in [0.2, 0.25) is 0 Å². The van der Waals surface area contributed by atoms with E-state index < -0.39 is 23.6 Å².